The van der Waals surface area contributed by atoms with E-state index < -0.39 is 0 Å². The number of allylic oxidation sites excluding steroid dienone is 2. The summed E-state index contributed by atoms with van der Waals surface area (Å²) in [6.07, 6.45) is 13.1. The maximum absolute atomic E-state index is 12.2. The zero-order chi connectivity index (χ0) is 18.0. The van der Waals surface area contributed by atoms with E-state index >= 15 is 0 Å². The third-order valence-corrected chi connectivity index (χ3v) is 9.33. The number of nitrogens with zero attached hydrogens (tertiary/aromatic N) is 1. The summed E-state index contributed by atoms with van der Waals surface area (Å²) >= 11 is 0. The molecule has 0 amide bonds. The molecule has 7 atom stereocenters. The van der Waals surface area contributed by atoms with Crippen molar-refractivity contribution in [2.24, 2.45) is 34.5 Å². The van der Waals surface area contributed by atoms with Gasteiger partial charge >= 0.3 is 0 Å². The van der Waals surface area contributed by atoms with Gasteiger partial charge in [0.15, 0.2) is 5.78 Å². The van der Waals surface area contributed by atoms with Crippen molar-refractivity contribution in [2.75, 3.05) is 14.1 Å². The molecule has 2 nitrogen and oxygen atoms in total. The van der Waals surface area contributed by atoms with Gasteiger partial charge in [0, 0.05) is 6.04 Å². The molecule has 0 aromatic carbocycles. The maximum Gasteiger partial charge on any atom is 0.156 e. The summed E-state index contributed by atoms with van der Waals surface area (Å²) in [6, 6.07) is 0.793. The summed E-state index contributed by atoms with van der Waals surface area (Å²) in [4.78, 5) is 14.6. The van der Waals surface area contributed by atoms with Gasteiger partial charge in [-0.1, -0.05) is 19.9 Å². The van der Waals surface area contributed by atoms with Gasteiger partial charge < -0.3 is 4.90 Å². The summed E-state index contributed by atoms with van der Waals surface area (Å²) in [5.41, 5.74) is 1.90. The molecule has 2 heteroatoms. The summed E-state index contributed by atoms with van der Waals surface area (Å²) in [7, 11) is 4.52. The average Bonchev–Trinajstić information content (AvgIpc) is 2.91. The summed E-state index contributed by atoms with van der Waals surface area (Å²) < 4.78 is 0. The fourth-order valence-electron chi connectivity index (χ4n) is 7.82. The first-order valence-corrected chi connectivity index (χ1v) is 10.7. The minimum Gasteiger partial charge on any atom is -0.306 e. The van der Waals surface area contributed by atoms with Crippen LogP contribution in [0, 0.1) is 34.5 Å². The fraction of sp³-hybridized carbons (Fsp3) is 0.870. The Morgan fingerprint density at radius 2 is 1.84 bits per heavy atom. The Labute approximate surface area is 154 Å². The van der Waals surface area contributed by atoms with Crippen molar-refractivity contribution in [1.82, 2.24) is 4.90 Å². The zero-order valence-corrected chi connectivity index (χ0v) is 17.0. The van der Waals surface area contributed by atoms with Gasteiger partial charge in [0.2, 0.25) is 0 Å². The number of hydrogen-bond acceptors (Lipinski definition) is 2. The number of rotatable bonds is 2. The van der Waals surface area contributed by atoms with Crippen LogP contribution in [0.15, 0.2) is 11.6 Å². The van der Waals surface area contributed by atoms with Gasteiger partial charge in [-0.15, -0.1) is 0 Å². The smallest absolute Gasteiger partial charge is 0.156 e. The number of hydrogen-bond donors (Lipinski definition) is 0. The molecule has 0 N–H and O–H groups in total. The predicted molar refractivity (Wildman–Crippen MR) is 103 cm³/mol. The highest BCUT2D eigenvalue weighted by molar-refractivity contribution is 5.95. The van der Waals surface area contributed by atoms with E-state index in [2.05, 4.69) is 38.9 Å². The first-order chi connectivity index (χ1) is 11.8. The minimum absolute atomic E-state index is 0.178. The Balaban J connectivity index is 1.58. The van der Waals surface area contributed by atoms with Crippen LogP contribution in [-0.2, 0) is 4.79 Å². The molecule has 0 aliphatic heterocycles. The molecule has 0 aromatic heterocycles. The number of carbonyl (C=O) groups is 1. The summed E-state index contributed by atoms with van der Waals surface area (Å²) in [5.74, 6) is 3.72. The van der Waals surface area contributed by atoms with E-state index in [1.807, 2.05) is 0 Å². The van der Waals surface area contributed by atoms with Crippen molar-refractivity contribution in [3.63, 3.8) is 0 Å². The van der Waals surface area contributed by atoms with Crippen LogP contribution in [0.4, 0.5) is 0 Å². The van der Waals surface area contributed by atoms with Crippen LogP contribution in [-0.4, -0.2) is 30.8 Å². The predicted octanol–water partition coefficient (Wildman–Crippen LogP) is 5.08. The van der Waals surface area contributed by atoms with E-state index in [1.54, 1.807) is 6.92 Å². The van der Waals surface area contributed by atoms with E-state index in [0.717, 1.165) is 36.1 Å². The molecule has 3 fully saturated rings. The van der Waals surface area contributed by atoms with E-state index in [4.69, 9.17) is 0 Å². The SMILES string of the molecule is CC(=O)C1=CCC2C3CCC4CC(N(C)C)CCC4(C)C3CCC12C. The van der Waals surface area contributed by atoms with E-state index in [-0.39, 0.29) is 5.41 Å². The van der Waals surface area contributed by atoms with Crippen LogP contribution >= 0.6 is 0 Å². The second-order valence-electron chi connectivity index (χ2n) is 10.4. The number of ketones is 1. The monoisotopic (exact) mass is 343 g/mol. The first-order valence-electron chi connectivity index (χ1n) is 10.7. The van der Waals surface area contributed by atoms with Crippen molar-refractivity contribution in [3.8, 4) is 0 Å². The van der Waals surface area contributed by atoms with Crippen LogP contribution in [0.3, 0.4) is 0 Å². The Morgan fingerprint density at radius 1 is 1.08 bits per heavy atom. The molecule has 7 unspecified atom stereocenters. The highest BCUT2D eigenvalue weighted by Crippen LogP contribution is 2.66. The van der Waals surface area contributed by atoms with Crippen LogP contribution in [0.1, 0.15) is 72.1 Å². The number of Topliss-reactive ketones (excluding diaryl/α,β-unsaturated/α-hetero) is 1. The van der Waals surface area contributed by atoms with Crippen molar-refractivity contribution in [2.45, 2.75) is 78.2 Å². The van der Waals surface area contributed by atoms with E-state index in [1.165, 1.54) is 50.5 Å². The molecule has 25 heavy (non-hydrogen) atoms. The quantitative estimate of drug-likeness (QED) is 0.696. The van der Waals surface area contributed by atoms with E-state index in [9.17, 15) is 4.79 Å². The lowest BCUT2D eigenvalue weighted by Crippen LogP contribution is -2.54. The molecular formula is C23H37NO. The molecule has 4 rings (SSSR count). The molecule has 0 spiro atoms. The lowest BCUT2D eigenvalue weighted by atomic mass is 9.44. The molecule has 0 radical (unpaired) electrons. The van der Waals surface area contributed by atoms with Crippen LogP contribution in [0.2, 0.25) is 0 Å². The summed E-state index contributed by atoms with van der Waals surface area (Å²) in [5, 5.41) is 0. The fourth-order valence-corrected chi connectivity index (χ4v) is 7.82. The van der Waals surface area contributed by atoms with Crippen molar-refractivity contribution in [1.29, 1.82) is 0 Å². The highest BCUT2D eigenvalue weighted by atomic mass is 16.1. The number of fused-ring (bicyclic) bond motifs is 5. The maximum atomic E-state index is 12.2. The average molecular weight is 344 g/mol. The molecule has 4 aliphatic rings. The Morgan fingerprint density at radius 3 is 2.52 bits per heavy atom. The second kappa shape index (κ2) is 5.94. The molecule has 0 aromatic rings. The molecule has 0 saturated heterocycles. The van der Waals surface area contributed by atoms with Crippen molar-refractivity contribution in [3.05, 3.63) is 11.6 Å². The van der Waals surface area contributed by atoms with Crippen LogP contribution < -0.4 is 0 Å². The molecule has 4 aliphatic carbocycles. The lowest BCUT2D eigenvalue weighted by Gasteiger charge is -2.61. The normalized spacial score (nSPS) is 49.2. The van der Waals surface area contributed by atoms with Gasteiger partial charge in [0.05, 0.1) is 0 Å². The summed E-state index contributed by atoms with van der Waals surface area (Å²) in [6.45, 7) is 6.83. The Hall–Kier alpha value is -0.630. The Bertz CT molecular complexity index is 593. The lowest BCUT2D eigenvalue weighted by molar-refractivity contribution is -0.120. The zero-order valence-electron chi connectivity index (χ0n) is 17.0. The highest BCUT2D eigenvalue weighted by Gasteiger charge is 2.59. The number of carbonyl (C=O) groups excluding carboxylic acids is 1. The second-order valence-corrected chi connectivity index (χ2v) is 10.4. The topological polar surface area (TPSA) is 20.3 Å². The standard InChI is InChI=1S/C23H37NO/c1-15(25)19-8-9-20-18-7-6-16-14-17(24(4)5)10-12-22(16,2)21(18)11-13-23(19,20)3/h8,16-18,20-21H,6-7,9-14H2,1-5H3. The van der Waals surface area contributed by atoms with Gasteiger partial charge in [-0.2, -0.15) is 0 Å². The minimum atomic E-state index is 0.178. The van der Waals surface area contributed by atoms with Crippen molar-refractivity contribution < 1.29 is 4.79 Å². The van der Waals surface area contributed by atoms with Gasteiger partial charge in [0.1, 0.15) is 0 Å². The van der Waals surface area contributed by atoms with E-state index in [0.29, 0.717) is 11.2 Å². The van der Waals surface area contributed by atoms with Crippen molar-refractivity contribution >= 4 is 5.78 Å². The van der Waals surface area contributed by atoms with Gasteiger partial charge in [-0.25, -0.2) is 0 Å². The molecule has 0 heterocycles. The molecular weight excluding hydrogens is 306 g/mol. The molecule has 3 saturated carbocycles. The van der Waals surface area contributed by atoms with Gasteiger partial charge in [-0.05, 0) is 112 Å². The first kappa shape index (κ1) is 17.8. The van der Waals surface area contributed by atoms with Gasteiger partial charge in [0.25, 0.3) is 0 Å². The molecule has 0 bridgehead atoms. The van der Waals surface area contributed by atoms with Gasteiger partial charge in [-0.3, -0.25) is 4.79 Å². The van der Waals surface area contributed by atoms with Crippen LogP contribution in [0.5, 0.6) is 0 Å². The van der Waals surface area contributed by atoms with Crippen LogP contribution in [0.25, 0.3) is 0 Å². The largest absolute Gasteiger partial charge is 0.306 e. The third-order valence-electron chi connectivity index (χ3n) is 9.33. The third kappa shape index (κ3) is 2.50. The molecule has 140 valence electrons. The Kier molecular flexibility index (Phi) is 4.22.